The van der Waals surface area contributed by atoms with Crippen molar-refractivity contribution in [2.75, 3.05) is 26.3 Å². The van der Waals surface area contributed by atoms with Crippen molar-refractivity contribution in [3.05, 3.63) is 5.82 Å². The van der Waals surface area contributed by atoms with Crippen molar-refractivity contribution in [2.24, 2.45) is 0 Å². The second-order valence-electron chi connectivity index (χ2n) is 3.89. The number of rotatable bonds is 9. The van der Waals surface area contributed by atoms with Crippen LogP contribution < -0.4 is 5.32 Å². The van der Waals surface area contributed by atoms with E-state index >= 15 is 0 Å². The molecule has 6 heteroatoms. The molecule has 1 heterocycles. The van der Waals surface area contributed by atoms with Gasteiger partial charge in [-0.1, -0.05) is 18.7 Å². The second-order valence-corrected chi connectivity index (χ2v) is 5.29. The van der Waals surface area contributed by atoms with Gasteiger partial charge in [-0.2, -0.15) is 0 Å². The Morgan fingerprint density at radius 1 is 1.53 bits per heavy atom. The van der Waals surface area contributed by atoms with Gasteiger partial charge < -0.3 is 10.1 Å². The highest BCUT2D eigenvalue weighted by Crippen LogP contribution is 2.17. The number of aromatic amines is 1. The smallest absolute Gasteiger partial charge is 0.208 e. The quantitative estimate of drug-likeness (QED) is 0.520. The zero-order valence-corrected chi connectivity index (χ0v) is 11.6. The van der Waals surface area contributed by atoms with Gasteiger partial charge in [-0.15, -0.1) is 5.10 Å². The van der Waals surface area contributed by atoms with Crippen LogP contribution in [0.1, 0.15) is 26.1 Å². The minimum absolute atomic E-state index is 0.470. The Morgan fingerprint density at radius 2 is 2.35 bits per heavy atom. The lowest BCUT2D eigenvalue weighted by atomic mass is 10.4. The van der Waals surface area contributed by atoms with Crippen molar-refractivity contribution in [3.8, 4) is 0 Å². The van der Waals surface area contributed by atoms with E-state index in [9.17, 15) is 0 Å². The van der Waals surface area contributed by atoms with Crippen LogP contribution in [0.3, 0.4) is 0 Å². The summed E-state index contributed by atoms with van der Waals surface area (Å²) in [6.45, 7) is 9.70. The van der Waals surface area contributed by atoms with Crippen molar-refractivity contribution >= 4 is 11.8 Å². The molecule has 1 atom stereocenters. The van der Waals surface area contributed by atoms with Gasteiger partial charge in [-0.05, 0) is 26.8 Å². The van der Waals surface area contributed by atoms with Crippen molar-refractivity contribution < 1.29 is 4.74 Å². The third kappa shape index (κ3) is 6.65. The monoisotopic (exact) mass is 258 g/mol. The topological polar surface area (TPSA) is 62.8 Å². The number of aromatic nitrogens is 3. The van der Waals surface area contributed by atoms with Crippen LogP contribution in [0.2, 0.25) is 0 Å². The Morgan fingerprint density at radius 3 is 3.00 bits per heavy atom. The molecule has 1 rings (SSSR count). The van der Waals surface area contributed by atoms with Gasteiger partial charge in [0.25, 0.3) is 0 Å². The van der Waals surface area contributed by atoms with Gasteiger partial charge >= 0.3 is 0 Å². The highest BCUT2D eigenvalue weighted by atomic mass is 32.2. The van der Waals surface area contributed by atoms with E-state index in [1.165, 1.54) is 0 Å². The summed E-state index contributed by atoms with van der Waals surface area (Å²) < 4.78 is 5.27. The molecule has 0 aliphatic rings. The van der Waals surface area contributed by atoms with E-state index in [1.807, 2.05) is 13.8 Å². The van der Waals surface area contributed by atoms with Crippen LogP contribution in [0.5, 0.6) is 0 Å². The predicted molar refractivity (Wildman–Crippen MR) is 70.4 cm³/mol. The summed E-state index contributed by atoms with van der Waals surface area (Å²) in [5, 5.41) is 11.6. The normalized spacial score (nSPS) is 12.9. The van der Waals surface area contributed by atoms with Crippen LogP contribution in [-0.2, 0) is 4.74 Å². The number of aryl methyl sites for hydroxylation is 1. The van der Waals surface area contributed by atoms with Crippen LogP contribution in [-0.4, -0.2) is 46.7 Å². The van der Waals surface area contributed by atoms with Crippen molar-refractivity contribution in [1.82, 2.24) is 20.5 Å². The van der Waals surface area contributed by atoms with Gasteiger partial charge in [0.15, 0.2) is 0 Å². The fraction of sp³-hybridized carbons (Fsp3) is 0.818. The molecule has 0 bridgehead atoms. The number of hydrogen-bond acceptors (Lipinski definition) is 5. The molecule has 98 valence electrons. The first-order valence-electron chi connectivity index (χ1n) is 6.06. The standard InChI is InChI=1S/C11H22N4OS/c1-4-16-7-5-6-12-8-9(2)17-11-13-10(3)14-15-11/h9,12H,4-8H2,1-3H3,(H,13,14,15). The van der Waals surface area contributed by atoms with E-state index in [-0.39, 0.29) is 0 Å². The molecule has 0 spiro atoms. The molecule has 0 saturated heterocycles. The third-order valence-corrected chi connectivity index (χ3v) is 3.12. The van der Waals surface area contributed by atoms with Crippen LogP contribution in [0.4, 0.5) is 0 Å². The van der Waals surface area contributed by atoms with Gasteiger partial charge in [-0.3, -0.25) is 5.10 Å². The molecule has 0 aromatic carbocycles. The molecule has 17 heavy (non-hydrogen) atoms. The van der Waals surface area contributed by atoms with E-state index in [4.69, 9.17) is 4.74 Å². The number of H-pyrrole nitrogens is 1. The maximum absolute atomic E-state index is 5.27. The Kier molecular flexibility index (Phi) is 7.23. The summed E-state index contributed by atoms with van der Waals surface area (Å²) in [5.41, 5.74) is 0. The summed E-state index contributed by atoms with van der Waals surface area (Å²) in [6.07, 6.45) is 1.06. The Balaban J connectivity index is 2.03. The summed E-state index contributed by atoms with van der Waals surface area (Å²) in [6, 6.07) is 0. The van der Waals surface area contributed by atoms with Gasteiger partial charge in [0.05, 0.1) is 0 Å². The minimum Gasteiger partial charge on any atom is -0.382 e. The Bertz CT molecular complexity index is 305. The Hall–Kier alpha value is -0.590. The first-order valence-corrected chi connectivity index (χ1v) is 6.94. The average molecular weight is 258 g/mol. The predicted octanol–water partition coefficient (Wildman–Crippen LogP) is 1.61. The van der Waals surface area contributed by atoms with Crippen molar-refractivity contribution in [1.29, 1.82) is 0 Å². The number of nitrogens with one attached hydrogen (secondary N) is 2. The van der Waals surface area contributed by atoms with Crippen LogP contribution in [0.25, 0.3) is 0 Å². The lowest BCUT2D eigenvalue weighted by molar-refractivity contribution is 0.145. The van der Waals surface area contributed by atoms with E-state index in [2.05, 4.69) is 27.4 Å². The number of thioether (sulfide) groups is 1. The van der Waals surface area contributed by atoms with E-state index < -0.39 is 0 Å². The average Bonchev–Trinajstić information content (AvgIpc) is 2.69. The molecule has 5 nitrogen and oxygen atoms in total. The molecule has 1 aromatic rings. The highest BCUT2D eigenvalue weighted by Gasteiger charge is 2.07. The van der Waals surface area contributed by atoms with Gasteiger partial charge in [0, 0.05) is 25.0 Å². The molecule has 0 saturated carbocycles. The molecule has 0 fully saturated rings. The molecule has 0 radical (unpaired) electrons. The molecule has 1 aromatic heterocycles. The first kappa shape index (κ1) is 14.5. The third-order valence-electron chi connectivity index (χ3n) is 2.16. The fourth-order valence-corrected chi connectivity index (χ4v) is 2.19. The summed E-state index contributed by atoms with van der Waals surface area (Å²) >= 11 is 1.69. The maximum atomic E-state index is 5.27. The molecule has 0 amide bonds. The van der Waals surface area contributed by atoms with Gasteiger partial charge in [0.1, 0.15) is 5.82 Å². The van der Waals surface area contributed by atoms with Crippen LogP contribution in [0.15, 0.2) is 5.16 Å². The minimum atomic E-state index is 0.470. The van der Waals surface area contributed by atoms with Crippen LogP contribution in [0, 0.1) is 6.92 Å². The highest BCUT2D eigenvalue weighted by molar-refractivity contribution is 7.99. The van der Waals surface area contributed by atoms with E-state index in [0.717, 1.165) is 43.7 Å². The largest absolute Gasteiger partial charge is 0.382 e. The van der Waals surface area contributed by atoms with E-state index in [1.54, 1.807) is 11.8 Å². The van der Waals surface area contributed by atoms with Gasteiger partial charge in [0.2, 0.25) is 5.16 Å². The molecule has 0 aliphatic heterocycles. The number of hydrogen-bond donors (Lipinski definition) is 2. The number of nitrogens with zero attached hydrogens (tertiary/aromatic N) is 2. The Labute approximate surface area is 107 Å². The van der Waals surface area contributed by atoms with E-state index in [0.29, 0.717) is 5.25 Å². The zero-order chi connectivity index (χ0) is 12.5. The molecule has 1 unspecified atom stereocenters. The lowest BCUT2D eigenvalue weighted by Crippen LogP contribution is -2.24. The summed E-state index contributed by atoms with van der Waals surface area (Å²) in [5.74, 6) is 0.865. The summed E-state index contributed by atoms with van der Waals surface area (Å²) in [7, 11) is 0. The molecule has 2 N–H and O–H groups in total. The number of ether oxygens (including phenoxy) is 1. The van der Waals surface area contributed by atoms with Crippen LogP contribution >= 0.6 is 11.8 Å². The lowest BCUT2D eigenvalue weighted by Gasteiger charge is -2.10. The second kappa shape index (κ2) is 8.49. The molecular formula is C11H22N4OS. The molecular weight excluding hydrogens is 236 g/mol. The van der Waals surface area contributed by atoms with Gasteiger partial charge in [-0.25, -0.2) is 4.98 Å². The van der Waals surface area contributed by atoms with Crippen molar-refractivity contribution in [2.45, 2.75) is 37.6 Å². The molecule has 0 aliphatic carbocycles. The maximum Gasteiger partial charge on any atom is 0.208 e. The fourth-order valence-electron chi connectivity index (χ4n) is 1.35. The first-order chi connectivity index (χ1) is 8.22. The SMILES string of the molecule is CCOCCCNCC(C)Sc1n[nH]c(C)n1. The zero-order valence-electron chi connectivity index (χ0n) is 10.8. The summed E-state index contributed by atoms with van der Waals surface area (Å²) in [4.78, 5) is 4.27. The van der Waals surface area contributed by atoms with Crippen molar-refractivity contribution in [3.63, 3.8) is 0 Å².